The molecule has 5 heteroatoms. The SMILES string of the molecule is CSCCCNc1nc(-c2cccnc2)nc2ccccc12. The number of benzene rings is 1. The Morgan fingerprint density at radius 3 is 2.82 bits per heavy atom. The minimum absolute atomic E-state index is 0.708. The van der Waals surface area contributed by atoms with Gasteiger partial charge in [0.05, 0.1) is 5.52 Å². The molecule has 0 aliphatic carbocycles. The lowest BCUT2D eigenvalue weighted by Gasteiger charge is -2.10. The Hall–Kier alpha value is -2.14. The fourth-order valence-electron chi connectivity index (χ4n) is 2.26. The number of anilines is 1. The van der Waals surface area contributed by atoms with Crippen LogP contribution in [0, 0.1) is 0 Å². The van der Waals surface area contributed by atoms with E-state index in [2.05, 4.69) is 27.6 Å². The first kappa shape index (κ1) is 14.8. The van der Waals surface area contributed by atoms with E-state index in [4.69, 9.17) is 4.98 Å². The van der Waals surface area contributed by atoms with Gasteiger partial charge in [0.1, 0.15) is 5.82 Å². The van der Waals surface area contributed by atoms with Crippen LogP contribution in [0.25, 0.3) is 22.3 Å². The lowest BCUT2D eigenvalue weighted by Crippen LogP contribution is -2.06. The summed E-state index contributed by atoms with van der Waals surface area (Å²) >= 11 is 1.86. The van der Waals surface area contributed by atoms with Gasteiger partial charge in [-0.15, -0.1) is 0 Å². The van der Waals surface area contributed by atoms with E-state index in [0.717, 1.165) is 41.0 Å². The second kappa shape index (κ2) is 7.22. The molecule has 0 spiro atoms. The van der Waals surface area contributed by atoms with Crippen LogP contribution in [0.3, 0.4) is 0 Å². The maximum absolute atomic E-state index is 4.70. The van der Waals surface area contributed by atoms with Gasteiger partial charge in [0, 0.05) is 29.9 Å². The van der Waals surface area contributed by atoms with Crippen molar-refractivity contribution in [2.75, 3.05) is 23.9 Å². The van der Waals surface area contributed by atoms with Crippen molar-refractivity contribution in [3.63, 3.8) is 0 Å². The molecule has 1 N–H and O–H groups in total. The third-order valence-corrected chi connectivity index (χ3v) is 4.04. The fraction of sp³-hybridized carbons (Fsp3) is 0.235. The molecule has 22 heavy (non-hydrogen) atoms. The molecule has 0 radical (unpaired) electrons. The van der Waals surface area contributed by atoms with Gasteiger partial charge in [-0.2, -0.15) is 11.8 Å². The number of rotatable bonds is 6. The molecule has 112 valence electrons. The van der Waals surface area contributed by atoms with Gasteiger partial charge in [0.25, 0.3) is 0 Å². The van der Waals surface area contributed by atoms with Gasteiger partial charge in [-0.05, 0) is 42.7 Å². The number of thioether (sulfide) groups is 1. The average Bonchev–Trinajstić information content (AvgIpc) is 2.59. The molecule has 0 amide bonds. The number of nitrogens with one attached hydrogen (secondary N) is 1. The summed E-state index contributed by atoms with van der Waals surface area (Å²) in [6.45, 7) is 0.911. The standard InChI is InChI=1S/C17H18N4S/c1-22-11-5-10-19-17-14-7-2-3-8-15(14)20-16(21-17)13-6-4-9-18-12-13/h2-4,6-9,12H,5,10-11H2,1H3,(H,19,20,21). The Balaban J connectivity index is 1.97. The van der Waals surface area contributed by atoms with Crippen LogP contribution in [0.2, 0.25) is 0 Å². The van der Waals surface area contributed by atoms with Crippen LogP contribution in [0.4, 0.5) is 5.82 Å². The maximum Gasteiger partial charge on any atom is 0.163 e. The monoisotopic (exact) mass is 310 g/mol. The van der Waals surface area contributed by atoms with Crippen LogP contribution in [-0.4, -0.2) is 33.5 Å². The largest absolute Gasteiger partial charge is 0.369 e. The predicted octanol–water partition coefficient (Wildman–Crippen LogP) is 3.86. The van der Waals surface area contributed by atoms with Crippen LogP contribution in [-0.2, 0) is 0 Å². The second-order valence-corrected chi connectivity index (χ2v) is 5.91. The molecule has 4 nitrogen and oxygen atoms in total. The summed E-state index contributed by atoms with van der Waals surface area (Å²) in [5, 5.41) is 4.50. The third kappa shape index (κ3) is 3.36. The average molecular weight is 310 g/mol. The highest BCUT2D eigenvalue weighted by Gasteiger charge is 2.08. The molecular weight excluding hydrogens is 292 g/mol. The normalized spacial score (nSPS) is 10.8. The van der Waals surface area contributed by atoms with Gasteiger partial charge >= 0.3 is 0 Å². The highest BCUT2D eigenvalue weighted by atomic mass is 32.2. The summed E-state index contributed by atoms with van der Waals surface area (Å²) < 4.78 is 0. The molecular formula is C17H18N4S. The first-order chi connectivity index (χ1) is 10.9. The Bertz CT molecular complexity index is 746. The molecule has 0 fully saturated rings. The van der Waals surface area contributed by atoms with Gasteiger partial charge in [0.15, 0.2) is 5.82 Å². The number of para-hydroxylation sites is 1. The molecule has 0 bridgehead atoms. The molecule has 2 aromatic heterocycles. The fourth-order valence-corrected chi connectivity index (χ4v) is 2.69. The first-order valence-corrected chi connectivity index (χ1v) is 8.68. The van der Waals surface area contributed by atoms with Crippen molar-refractivity contribution in [2.45, 2.75) is 6.42 Å². The van der Waals surface area contributed by atoms with E-state index in [0.29, 0.717) is 5.82 Å². The van der Waals surface area contributed by atoms with Crippen LogP contribution >= 0.6 is 11.8 Å². The van der Waals surface area contributed by atoms with E-state index in [9.17, 15) is 0 Å². The van der Waals surface area contributed by atoms with Crippen LogP contribution in [0.15, 0.2) is 48.8 Å². The van der Waals surface area contributed by atoms with Gasteiger partial charge < -0.3 is 5.32 Å². The predicted molar refractivity (Wildman–Crippen MR) is 94.3 cm³/mol. The molecule has 3 rings (SSSR count). The Labute approximate surface area is 134 Å². The highest BCUT2D eigenvalue weighted by Crippen LogP contribution is 2.24. The van der Waals surface area contributed by atoms with E-state index in [1.807, 2.05) is 42.1 Å². The number of hydrogen-bond acceptors (Lipinski definition) is 5. The first-order valence-electron chi connectivity index (χ1n) is 7.28. The number of nitrogens with zero attached hydrogens (tertiary/aromatic N) is 3. The van der Waals surface area contributed by atoms with Crippen molar-refractivity contribution in [1.29, 1.82) is 0 Å². The van der Waals surface area contributed by atoms with E-state index in [-0.39, 0.29) is 0 Å². The van der Waals surface area contributed by atoms with Gasteiger partial charge in [-0.1, -0.05) is 12.1 Å². The van der Waals surface area contributed by atoms with Gasteiger partial charge in [0.2, 0.25) is 0 Å². The molecule has 0 unspecified atom stereocenters. The molecule has 3 aromatic rings. The molecule has 1 aromatic carbocycles. The zero-order chi connectivity index (χ0) is 15.2. The van der Waals surface area contributed by atoms with E-state index in [1.54, 1.807) is 12.4 Å². The van der Waals surface area contributed by atoms with E-state index in [1.165, 1.54) is 0 Å². The summed E-state index contributed by atoms with van der Waals surface area (Å²) in [6, 6.07) is 12.0. The third-order valence-electron chi connectivity index (χ3n) is 3.34. The van der Waals surface area contributed by atoms with Crippen LogP contribution in [0.1, 0.15) is 6.42 Å². The van der Waals surface area contributed by atoms with Crippen LogP contribution < -0.4 is 5.32 Å². The molecule has 0 saturated carbocycles. The minimum Gasteiger partial charge on any atom is -0.369 e. The minimum atomic E-state index is 0.708. The Morgan fingerprint density at radius 2 is 2.00 bits per heavy atom. The van der Waals surface area contributed by atoms with Crippen LogP contribution in [0.5, 0.6) is 0 Å². The summed E-state index contributed by atoms with van der Waals surface area (Å²) in [7, 11) is 0. The van der Waals surface area contributed by atoms with Crippen molar-refractivity contribution < 1.29 is 0 Å². The molecule has 0 aliphatic heterocycles. The van der Waals surface area contributed by atoms with E-state index < -0.39 is 0 Å². The lowest BCUT2D eigenvalue weighted by molar-refractivity contribution is 0.983. The lowest BCUT2D eigenvalue weighted by atomic mass is 10.2. The van der Waals surface area contributed by atoms with Crippen molar-refractivity contribution in [1.82, 2.24) is 15.0 Å². The molecule has 0 aliphatic rings. The molecule has 2 heterocycles. The summed E-state index contributed by atoms with van der Waals surface area (Å²) in [5.74, 6) is 2.75. The van der Waals surface area contributed by atoms with Crippen molar-refractivity contribution in [2.24, 2.45) is 0 Å². The number of aromatic nitrogens is 3. The quantitative estimate of drug-likeness (QED) is 0.701. The van der Waals surface area contributed by atoms with E-state index >= 15 is 0 Å². The summed E-state index contributed by atoms with van der Waals surface area (Å²) in [6.07, 6.45) is 6.79. The summed E-state index contributed by atoms with van der Waals surface area (Å²) in [4.78, 5) is 13.5. The zero-order valence-corrected chi connectivity index (χ0v) is 13.3. The topological polar surface area (TPSA) is 50.7 Å². The smallest absolute Gasteiger partial charge is 0.163 e. The van der Waals surface area contributed by atoms with Crippen molar-refractivity contribution >= 4 is 28.5 Å². The summed E-state index contributed by atoms with van der Waals surface area (Å²) in [5.41, 5.74) is 1.88. The number of pyridine rings is 1. The number of hydrogen-bond donors (Lipinski definition) is 1. The maximum atomic E-state index is 4.70. The Morgan fingerprint density at radius 1 is 1.09 bits per heavy atom. The van der Waals surface area contributed by atoms with Crippen molar-refractivity contribution in [3.8, 4) is 11.4 Å². The number of fused-ring (bicyclic) bond motifs is 1. The Kier molecular flexibility index (Phi) is 4.85. The van der Waals surface area contributed by atoms with Gasteiger partial charge in [-0.25, -0.2) is 9.97 Å². The van der Waals surface area contributed by atoms with Crippen molar-refractivity contribution in [3.05, 3.63) is 48.8 Å². The second-order valence-electron chi connectivity index (χ2n) is 4.93. The molecule has 0 atom stereocenters. The molecule has 0 saturated heterocycles. The van der Waals surface area contributed by atoms with Gasteiger partial charge in [-0.3, -0.25) is 4.98 Å². The highest BCUT2D eigenvalue weighted by molar-refractivity contribution is 7.98. The zero-order valence-electron chi connectivity index (χ0n) is 12.5.